The van der Waals surface area contributed by atoms with Gasteiger partial charge in [0.05, 0.1) is 11.7 Å². The maximum atomic E-state index is 14.4. The summed E-state index contributed by atoms with van der Waals surface area (Å²) in [6, 6.07) is 9.99. The van der Waals surface area contributed by atoms with E-state index in [4.69, 9.17) is 4.74 Å². The van der Waals surface area contributed by atoms with E-state index >= 15 is 0 Å². The van der Waals surface area contributed by atoms with Crippen LogP contribution in [0.1, 0.15) is 36.0 Å². The molecule has 30 heavy (non-hydrogen) atoms. The fourth-order valence-corrected chi connectivity index (χ4v) is 3.80. The van der Waals surface area contributed by atoms with E-state index in [1.165, 1.54) is 6.07 Å². The predicted octanol–water partition coefficient (Wildman–Crippen LogP) is 4.06. The van der Waals surface area contributed by atoms with Gasteiger partial charge in [0.1, 0.15) is 0 Å². The molecule has 2 heterocycles. The second kappa shape index (κ2) is 7.58. The molecule has 9 heteroatoms. The predicted molar refractivity (Wildman–Crippen MR) is 109 cm³/mol. The first kappa shape index (κ1) is 18.3. The number of fused-ring (bicyclic) bond motifs is 1. The van der Waals surface area contributed by atoms with Crippen LogP contribution in [-0.4, -0.2) is 37.6 Å². The number of nitrogens with one attached hydrogen (secondary N) is 3. The molecule has 1 saturated carbocycles. The zero-order valence-corrected chi connectivity index (χ0v) is 16.0. The first-order valence-corrected chi connectivity index (χ1v) is 9.80. The molecule has 1 amide bonds. The quantitative estimate of drug-likeness (QED) is 0.463. The molecule has 0 atom stereocenters. The van der Waals surface area contributed by atoms with Crippen molar-refractivity contribution in [3.8, 4) is 17.1 Å². The number of halogens is 1. The molecule has 0 aliphatic heterocycles. The maximum Gasteiger partial charge on any atom is 0.257 e. The minimum Gasteiger partial charge on any atom is -0.487 e. The fraction of sp³-hybridized carbons (Fsp3) is 0.238. The van der Waals surface area contributed by atoms with Crippen LogP contribution < -0.4 is 10.1 Å². The van der Waals surface area contributed by atoms with E-state index in [1.807, 2.05) is 18.2 Å². The highest BCUT2D eigenvalue weighted by atomic mass is 19.1. The molecule has 0 bridgehead atoms. The summed E-state index contributed by atoms with van der Waals surface area (Å²) in [6.45, 7) is 0. The third-order valence-electron chi connectivity index (χ3n) is 5.33. The Balaban J connectivity index is 1.33. The number of anilines is 1. The van der Waals surface area contributed by atoms with Crippen LogP contribution in [0.4, 0.5) is 10.1 Å². The fourth-order valence-electron chi connectivity index (χ4n) is 3.80. The highest BCUT2D eigenvalue weighted by Gasteiger charge is 2.19. The molecular formula is C21H19FN6O2. The van der Waals surface area contributed by atoms with Crippen LogP contribution in [0, 0.1) is 5.82 Å². The van der Waals surface area contributed by atoms with Crippen molar-refractivity contribution in [3.05, 3.63) is 54.0 Å². The molecule has 2 aromatic carbocycles. The van der Waals surface area contributed by atoms with Crippen molar-refractivity contribution in [2.24, 2.45) is 0 Å². The summed E-state index contributed by atoms with van der Waals surface area (Å²) in [5, 5.41) is 17.2. The largest absolute Gasteiger partial charge is 0.487 e. The zero-order valence-electron chi connectivity index (χ0n) is 16.0. The van der Waals surface area contributed by atoms with Crippen molar-refractivity contribution in [1.29, 1.82) is 0 Å². The Labute approximate surface area is 170 Å². The van der Waals surface area contributed by atoms with Gasteiger partial charge < -0.3 is 15.0 Å². The number of carbonyl (C=O) groups excluding carboxylic acids is 1. The summed E-state index contributed by atoms with van der Waals surface area (Å²) in [4.78, 5) is 15.8. The number of rotatable bonds is 5. The summed E-state index contributed by atoms with van der Waals surface area (Å²) < 4.78 is 20.2. The van der Waals surface area contributed by atoms with Crippen LogP contribution in [-0.2, 0) is 0 Å². The van der Waals surface area contributed by atoms with E-state index in [2.05, 4.69) is 30.9 Å². The normalized spacial score (nSPS) is 14.3. The SMILES string of the molecule is O=C(Nc1ccc(OC2CCCC2)c(F)c1)c1c[nH]c2cc(-c3nnn[nH]3)ccc12. The van der Waals surface area contributed by atoms with E-state index in [9.17, 15) is 9.18 Å². The Morgan fingerprint density at radius 1 is 1.17 bits per heavy atom. The molecule has 5 rings (SSSR count). The van der Waals surface area contributed by atoms with E-state index < -0.39 is 5.82 Å². The minimum absolute atomic E-state index is 0.0730. The summed E-state index contributed by atoms with van der Waals surface area (Å²) >= 11 is 0. The van der Waals surface area contributed by atoms with Gasteiger partial charge in [0, 0.05) is 34.4 Å². The average molecular weight is 406 g/mol. The van der Waals surface area contributed by atoms with Crippen LogP contribution >= 0.6 is 0 Å². The van der Waals surface area contributed by atoms with E-state index in [-0.39, 0.29) is 17.8 Å². The van der Waals surface area contributed by atoms with Gasteiger partial charge in [0.15, 0.2) is 17.4 Å². The van der Waals surface area contributed by atoms with Crippen LogP contribution in [0.2, 0.25) is 0 Å². The molecule has 0 saturated heterocycles. The zero-order chi connectivity index (χ0) is 20.5. The molecule has 1 fully saturated rings. The highest BCUT2D eigenvalue weighted by Crippen LogP contribution is 2.28. The molecule has 0 spiro atoms. The Bertz CT molecular complexity index is 1200. The second-order valence-corrected chi connectivity index (χ2v) is 7.34. The number of benzene rings is 2. The van der Waals surface area contributed by atoms with Crippen LogP contribution in [0.25, 0.3) is 22.3 Å². The molecule has 3 N–H and O–H groups in total. The van der Waals surface area contributed by atoms with Crippen molar-refractivity contribution in [3.63, 3.8) is 0 Å². The Hall–Kier alpha value is -3.75. The first-order chi connectivity index (χ1) is 14.7. The number of amides is 1. The molecule has 1 aliphatic rings. The van der Waals surface area contributed by atoms with Crippen molar-refractivity contribution in [1.82, 2.24) is 25.6 Å². The molecule has 1 aliphatic carbocycles. The Morgan fingerprint density at radius 3 is 2.80 bits per heavy atom. The number of ether oxygens (including phenoxy) is 1. The van der Waals surface area contributed by atoms with Crippen LogP contribution in [0.3, 0.4) is 0 Å². The van der Waals surface area contributed by atoms with E-state index in [0.29, 0.717) is 17.1 Å². The lowest BCUT2D eigenvalue weighted by Gasteiger charge is -2.14. The number of hydrogen-bond acceptors (Lipinski definition) is 5. The average Bonchev–Trinajstić information content (AvgIpc) is 3.51. The monoisotopic (exact) mass is 406 g/mol. The number of hydrogen-bond donors (Lipinski definition) is 3. The van der Waals surface area contributed by atoms with Gasteiger partial charge in [-0.25, -0.2) is 9.49 Å². The summed E-state index contributed by atoms with van der Waals surface area (Å²) in [6.07, 6.45) is 5.82. The van der Waals surface area contributed by atoms with Gasteiger partial charge in [-0.15, -0.1) is 5.10 Å². The number of nitrogens with zero attached hydrogens (tertiary/aromatic N) is 3. The number of aromatic amines is 2. The molecule has 4 aromatic rings. The minimum atomic E-state index is -0.482. The van der Waals surface area contributed by atoms with Gasteiger partial charge in [-0.2, -0.15) is 0 Å². The molecule has 0 radical (unpaired) electrons. The van der Waals surface area contributed by atoms with Gasteiger partial charge in [0.25, 0.3) is 5.91 Å². The van der Waals surface area contributed by atoms with Crippen LogP contribution in [0.15, 0.2) is 42.6 Å². The topological polar surface area (TPSA) is 109 Å². The molecular weight excluding hydrogens is 387 g/mol. The Morgan fingerprint density at radius 2 is 2.03 bits per heavy atom. The molecule has 152 valence electrons. The number of tetrazole rings is 1. The lowest BCUT2D eigenvalue weighted by atomic mass is 10.1. The summed E-state index contributed by atoms with van der Waals surface area (Å²) in [5.41, 5.74) is 2.38. The lowest BCUT2D eigenvalue weighted by molar-refractivity contribution is 0.102. The van der Waals surface area contributed by atoms with Crippen molar-refractivity contribution >= 4 is 22.5 Å². The maximum absolute atomic E-state index is 14.4. The lowest BCUT2D eigenvalue weighted by Crippen LogP contribution is -2.13. The third-order valence-corrected chi connectivity index (χ3v) is 5.33. The van der Waals surface area contributed by atoms with Gasteiger partial charge in [-0.05, 0) is 54.3 Å². The Kier molecular flexibility index (Phi) is 4.62. The summed E-state index contributed by atoms with van der Waals surface area (Å²) in [7, 11) is 0. The van der Waals surface area contributed by atoms with Crippen molar-refractivity contribution in [2.45, 2.75) is 31.8 Å². The van der Waals surface area contributed by atoms with E-state index in [1.54, 1.807) is 18.3 Å². The van der Waals surface area contributed by atoms with Crippen molar-refractivity contribution < 1.29 is 13.9 Å². The van der Waals surface area contributed by atoms with Gasteiger partial charge in [-0.1, -0.05) is 12.1 Å². The number of aromatic nitrogens is 5. The molecule has 0 unspecified atom stereocenters. The molecule has 8 nitrogen and oxygen atoms in total. The van der Waals surface area contributed by atoms with Gasteiger partial charge in [-0.3, -0.25) is 4.79 Å². The van der Waals surface area contributed by atoms with Gasteiger partial charge in [0.2, 0.25) is 0 Å². The molecule has 2 aromatic heterocycles. The first-order valence-electron chi connectivity index (χ1n) is 9.80. The van der Waals surface area contributed by atoms with Gasteiger partial charge >= 0.3 is 0 Å². The standard InChI is InChI=1S/C21H19FN6O2/c22-17-10-13(6-8-19(17)30-14-3-1-2-4-14)24-21(29)16-11-23-18-9-12(5-7-15(16)18)20-25-27-28-26-20/h5-11,14,23H,1-4H2,(H,24,29)(H,25,26,27,28). The van der Waals surface area contributed by atoms with Crippen molar-refractivity contribution in [2.75, 3.05) is 5.32 Å². The van der Waals surface area contributed by atoms with E-state index in [0.717, 1.165) is 42.1 Å². The smallest absolute Gasteiger partial charge is 0.257 e. The number of H-pyrrole nitrogens is 2. The summed E-state index contributed by atoms with van der Waals surface area (Å²) in [5.74, 6) is -0.0579. The highest BCUT2D eigenvalue weighted by molar-refractivity contribution is 6.13. The third kappa shape index (κ3) is 3.49. The second-order valence-electron chi connectivity index (χ2n) is 7.34. The number of carbonyl (C=O) groups is 1. The van der Waals surface area contributed by atoms with Crippen LogP contribution in [0.5, 0.6) is 5.75 Å².